The predicted octanol–water partition coefficient (Wildman–Crippen LogP) is 4.42. The van der Waals surface area contributed by atoms with Gasteiger partial charge < -0.3 is 9.84 Å². The highest BCUT2D eigenvalue weighted by molar-refractivity contribution is 6.32. The zero-order chi connectivity index (χ0) is 14.7. The summed E-state index contributed by atoms with van der Waals surface area (Å²) in [4.78, 5) is 0. The second-order valence-electron chi connectivity index (χ2n) is 4.33. The molecule has 1 N–H and O–H groups in total. The van der Waals surface area contributed by atoms with Crippen molar-refractivity contribution in [2.75, 3.05) is 7.11 Å². The molecule has 0 heterocycles. The monoisotopic (exact) mass is 314 g/mol. The van der Waals surface area contributed by atoms with Crippen molar-refractivity contribution in [3.63, 3.8) is 0 Å². The van der Waals surface area contributed by atoms with Crippen molar-refractivity contribution in [3.05, 3.63) is 63.4 Å². The van der Waals surface area contributed by atoms with E-state index < -0.39 is 11.9 Å². The molecule has 0 aliphatic rings. The summed E-state index contributed by atoms with van der Waals surface area (Å²) in [5.74, 6) is -0.0380. The molecule has 5 heteroatoms. The molecule has 0 aliphatic heterocycles. The minimum absolute atomic E-state index is 0.0448. The third-order valence-corrected chi connectivity index (χ3v) is 3.61. The van der Waals surface area contributed by atoms with Crippen molar-refractivity contribution in [1.82, 2.24) is 0 Å². The van der Waals surface area contributed by atoms with E-state index in [1.807, 2.05) is 0 Å². The van der Waals surface area contributed by atoms with Gasteiger partial charge in [-0.1, -0.05) is 41.4 Å². The molecule has 2 aromatic carbocycles. The topological polar surface area (TPSA) is 29.5 Å². The SMILES string of the molecule is COc1cc(C(O)Cc2cccc(Cl)c2F)ccc1Cl. The highest BCUT2D eigenvalue weighted by Crippen LogP contribution is 2.30. The van der Waals surface area contributed by atoms with Crippen molar-refractivity contribution in [2.24, 2.45) is 0 Å². The van der Waals surface area contributed by atoms with Gasteiger partial charge in [0.2, 0.25) is 0 Å². The van der Waals surface area contributed by atoms with Gasteiger partial charge in [-0.15, -0.1) is 0 Å². The first kappa shape index (κ1) is 15.1. The maximum absolute atomic E-state index is 13.8. The van der Waals surface area contributed by atoms with E-state index in [2.05, 4.69) is 0 Å². The summed E-state index contributed by atoms with van der Waals surface area (Å²) in [6, 6.07) is 9.66. The third-order valence-electron chi connectivity index (χ3n) is 3.00. The zero-order valence-electron chi connectivity index (χ0n) is 10.7. The van der Waals surface area contributed by atoms with Crippen molar-refractivity contribution >= 4 is 23.2 Å². The Hall–Kier alpha value is -1.29. The standard InChI is InChI=1S/C15H13Cl2FO2/c1-20-14-8-9(5-6-11(14)16)13(19)7-10-3-2-4-12(17)15(10)18/h2-6,8,13,19H,7H2,1H3. The zero-order valence-corrected chi connectivity index (χ0v) is 12.2. The average Bonchev–Trinajstić information content (AvgIpc) is 2.44. The van der Waals surface area contributed by atoms with Crippen LogP contribution in [0.25, 0.3) is 0 Å². The molecule has 2 nitrogen and oxygen atoms in total. The molecule has 2 aromatic rings. The Balaban J connectivity index is 2.24. The summed E-state index contributed by atoms with van der Waals surface area (Å²) >= 11 is 11.6. The number of aliphatic hydroxyl groups is 1. The van der Waals surface area contributed by atoms with E-state index in [0.717, 1.165) is 0 Å². The van der Waals surface area contributed by atoms with Crippen molar-refractivity contribution in [1.29, 1.82) is 0 Å². The van der Waals surface area contributed by atoms with E-state index in [-0.39, 0.29) is 11.4 Å². The fourth-order valence-electron chi connectivity index (χ4n) is 1.92. The molecule has 0 radical (unpaired) electrons. The minimum Gasteiger partial charge on any atom is -0.495 e. The van der Waals surface area contributed by atoms with Gasteiger partial charge in [-0.2, -0.15) is 0 Å². The fourth-order valence-corrected chi connectivity index (χ4v) is 2.30. The molecule has 0 fully saturated rings. The van der Waals surface area contributed by atoms with E-state index in [1.165, 1.54) is 13.2 Å². The molecule has 0 aliphatic carbocycles. The van der Waals surface area contributed by atoms with Crippen LogP contribution in [-0.4, -0.2) is 12.2 Å². The van der Waals surface area contributed by atoms with Crippen LogP contribution in [0.5, 0.6) is 5.75 Å². The largest absolute Gasteiger partial charge is 0.495 e. The first-order valence-corrected chi connectivity index (χ1v) is 6.73. The number of rotatable bonds is 4. The van der Waals surface area contributed by atoms with Crippen LogP contribution >= 0.6 is 23.2 Å². The van der Waals surface area contributed by atoms with Crippen LogP contribution < -0.4 is 4.74 Å². The number of aliphatic hydroxyl groups excluding tert-OH is 1. The van der Waals surface area contributed by atoms with Crippen LogP contribution in [0.3, 0.4) is 0 Å². The molecule has 0 spiro atoms. The van der Waals surface area contributed by atoms with Gasteiger partial charge in [0.15, 0.2) is 0 Å². The highest BCUT2D eigenvalue weighted by atomic mass is 35.5. The van der Waals surface area contributed by atoms with Crippen LogP contribution in [0.4, 0.5) is 4.39 Å². The van der Waals surface area contributed by atoms with Crippen LogP contribution in [0.1, 0.15) is 17.2 Å². The first-order chi connectivity index (χ1) is 9.52. The Bertz CT molecular complexity index is 617. The van der Waals surface area contributed by atoms with E-state index in [0.29, 0.717) is 21.9 Å². The summed E-state index contributed by atoms with van der Waals surface area (Å²) in [6.07, 6.45) is -0.744. The second kappa shape index (κ2) is 6.44. The molecule has 0 aromatic heterocycles. The predicted molar refractivity (Wildman–Crippen MR) is 78.1 cm³/mol. The van der Waals surface area contributed by atoms with Crippen LogP contribution in [0.2, 0.25) is 10.0 Å². The second-order valence-corrected chi connectivity index (χ2v) is 5.14. The molecule has 1 unspecified atom stereocenters. The molecule has 0 bridgehead atoms. The van der Waals surface area contributed by atoms with Crippen LogP contribution in [-0.2, 0) is 6.42 Å². The van der Waals surface area contributed by atoms with E-state index in [4.69, 9.17) is 27.9 Å². The highest BCUT2D eigenvalue weighted by Gasteiger charge is 2.15. The number of ether oxygens (including phenoxy) is 1. The quantitative estimate of drug-likeness (QED) is 0.905. The maximum Gasteiger partial charge on any atom is 0.145 e. The smallest absolute Gasteiger partial charge is 0.145 e. The molecule has 20 heavy (non-hydrogen) atoms. The summed E-state index contributed by atoms with van der Waals surface area (Å²) in [7, 11) is 1.49. The average molecular weight is 315 g/mol. The Labute approximate surface area is 126 Å². The number of hydrogen-bond donors (Lipinski definition) is 1. The van der Waals surface area contributed by atoms with E-state index in [1.54, 1.807) is 30.3 Å². The van der Waals surface area contributed by atoms with Crippen molar-refractivity contribution < 1.29 is 14.2 Å². The lowest BCUT2D eigenvalue weighted by Gasteiger charge is -2.14. The Kier molecular flexibility index (Phi) is 4.86. The lowest BCUT2D eigenvalue weighted by molar-refractivity contribution is 0.176. The molecule has 2 rings (SSSR count). The summed E-state index contributed by atoms with van der Waals surface area (Å²) < 4.78 is 18.9. The summed E-state index contributed by atoms with van der Waals surface area (Å²) in [5.41, 5.74) is 0.963. The Morgan fingerprint density at radius 1 is 1.20 bits per heavy atom. The van der Waals surface area contributed by atoms with Crippen LogP contribution in [0, 0.1) is 5.82 Å². The molecule has 0 amide bonds. The third kappa shape index (κ3) is 3.23. The van der Waals surface area contributed by atoms with E-state index in [9.17, 15) is 9.50 Å². The van der Waals surface area contributed by atoms with E-state index >= 15 is 0 Å². The Morgan fingerprint density at radius 3 is 2.65 bits per heavy atom. The number of benzene rings is 2. The lowest BCUT2D eigenvalue weighted by atomic mass is 10.0. The normalized spacial score (nSPS) is 12.2. The lowest BCUT2D eigenvalue weighted by Crippen LogP contribution is -2.04. The fraction of sp³-hybridized carbons (Fsp3) is 0.200. The molecule has 1 atom stereocenters. The summed E-state index contributed by atoms with van der Waals surface area (Å²) in [5, 5.41) is 10.7. The van der Waals surface area contributed by atoms with Crippen molar-refractivity contribution in [3.8, 4) is 5.75 Å². The molecule has 106 valence electrons. The van der Waals surface area contributed by atoms with Gasteiger partial charge in [0, 0.05) is 6.42 Å². The molecular weight excluding hydrogens is 302 g/mol. The number of methoxy groups -OCH3 is 1. The Morgan fingerprint density at radius 2 is 1.95 bits per heavy atom. The minimum atomic E-state index is -0.867. The van der Waals surface area contributed by atoms with Gasteiger partial charge in [-0.3, -0.25) is 0 Å². The van der Waals surface area contributed by atoms with Gasteiger partial charge in [-0.25, -0.2) is 4.39 Å². The van der Waals surface area contributed by atoms with Gasteiger partial charge in [0.1, 0.15) is 11.6 Å². The van der Waals surface area contributed by atoms with Crippen LogP contribution in [0.15, 0.2) is 36.4 Å². The van der Waals surface area contributed by atoms with Crippen molar-refractivity contribution in [2.45, 2.75) is 12.5 Å². The maximum atomic E-state index is 13.8. The molecule has 0 saturated carbocycles. The van der Waals surface area contributed by atoms with Gasteiger partial charge in [0.25, 0.3) is 0 Å². The van der Waals surface area contributed by atoms with Gasteiger partial charge in [0.05, 0.1) is 23.3 Å². The molecule has 0 saturated heterocycles. The van der Waals surface area contributed by atoms with Gasteiger partial charge in [-0.05, 0) is 29.3 Å². The number of hydrogen-bond acceptors (Lipinski definition) is 2. The molecular formula is C15H13Cl2FO2. The van der Waals surface area contributed by atoms with Gasteiger partial charge >= 0.3 is 0 Å². The number of halogens is 3. The first-order valence-electron chi connectivity index (χ1n) is 5.97. The summed E-state index contributed by atoms with van der Waals surface area (Å²) in [6.45, 7) is 0.